The van der Waals surface area contributed by atoms with Crippen LogP contribution in [0, 0.1) is 5.41 Å². The molecule has 4 heteroatoms. The molecule has 0 aromatic heterocycles. The van der Waals surface area contributed by atoms with Crippen molar-refractivity contribution in [3.05, 3.63) is 0 Å². The quantitative estimate of drug-likeness (QED) is 0.528. The minimum Gasteiger partial charge on any atom is -0.385 e. The average Bonchev–Trinajstić information content (AvgIpc) is 2.13. The van der Waals surface area contributed by atoms with Gasteiger partial charge in [0.25, 0.3) is 0 Å². The van der Waals surface area contributed by atoms with Crippen molar-refractivity contribution in [3.63, 3.8) is 0 Å². The standard InChI is InChI=1S/C12H27N3O/c1-12(2,8-9-16-7)10-13-11(14(3)4)15(5)6/h8-10H2,1-7H3. The Balaban J connectivity index is 4.40. The third kappa shape index (κ3) is 5.95. The van der Waals surface area contributed by atoms with E-state index < -0.39 is 0 Å². The lowest BCUT2D eigenvalue weighted by atomic mass is 9.90. The van der Waals surface area contributed by atoms with Gasteiger partial charge in [0, 0.05) is 48.5 Å². The first-order valence-electron chi connectivity index (χ1n) is 5.68. The second-order valence-corrected chi connectivity index (χ2v) is 5.31. The monoisotopic (exact) mass is 229 g/mol. The molecule has 0 spiro atoms. The van der Waals surface area contributed by atoms with Crippen molar-refractivity contribution in [2.45, 2.75) is 20.3 Å². The zero-order valence-corrected chi connectivity index (χ0v) is 11.9. The predicted molar refractivity (Wildman–Crippen MR) is 70.0 cm³/mol. The second kappa shape index (κ2) is 6.74. The highest BCUT2D eigenvalue weighted by Crippen LogP contribution is 2.20. The first-order chi connectivity index (χ1) is 7.30. The van der Waals surface area contributed by atoms with Crippen molar-refractivity contribution in [1.29, 1.82) is 0 Å². The Morgan fingerprint density at radius 2 is 1.62 bits per heavy atom. The molecule has 0 radical (unpaired) electrons. The number of hydrogen-bond acceptors (Lipinski definition) is 2. The van der Waals surface area contributed by atoms with E-state index in [1.165, 1.54) is 0 Å². The summed E-state index contributed by atoms with van der Waals surface area (Å²) in [5.41, 5.74) is 0.188. The molecule has 0 aliphatic carbocycles. The van der Waals surface area contributed by atoms with Gasteiger partial charge in [0.1, 0.15) is 0 Å². The maximum atomic E-state index is 5.11. The summed E-state index contributed by atoms with van der Waals surface area (Å²) in [6.45, 7) is 6.06. The van der Waals surface area contributed by atoms with Gasteiger partial charge >= 0.3 is 0 Å². The Morgan fingerprint density at radius 1 is 1.12 bits per heavy atom. The Hall–Kier alpha value is -0.770. The predicted octanol–water partition coefficient (Wildman–Crippen LogP) is 1.53. The van der Waals surface area contributed by atoms with Crippen LogP contribution in [0.2, 0.25) is 0 Å². The fourth-order valence-corrected chi connectivity index (χ4v) is 1.42. The molecular formula is C12H27N3O. The summed E-state index contributed by atoms with van der Waals surface area (Å²) in [7, 11) is 9.80. The smallest absolute Gasteiger partial charge is 0.195 e. The number of methoxy groups -OCH3 is 1. The molecule has 0 saturated carbocycles. The van der Waals surface area contributed by atoms with E-state index in [4.69, 9.17) is 4.74 Å². The average molecular weight is 229 g/mol. The topological polar surface area (TPSA) is 28.1 Å². The largest absolute Gasteiger partial charge is 0.385 e. The molecule has 0 aromatic rings. The lowest BCUT2D eigenvalue weighted by molar-refractivity contribution is 0.155. The van der Waals surface area contributed by atoms with Gasteiger partial charge in [0.05, 0.1) is 0 Å². The highest BCUT2D eigenvalue weighted by molar-refractivity contribution is 5.79. The van der Waals surface area contributed by atoms with Crippen molar-refractivity contribution in [2.24, 2.45) is 10.4 Å². The van der Waals surface area contributed by atoms with E-state index in [0.717, 1.165) is 25.5 Å². The molecule has 16 heavy (non-hydrogen) atoms. The van der Waals surface area contributed by atoms with Gasteiger partial charge in [-0.25, -0.2) is 0 Å². The number of aliphatic imine (C=N–C) groups is 1. The number of hydrogen-bond donors (Lipinski definition) is 0. The number of nitrogens with zero attached hydrogens (tertiary/aromatic N) is 3. The van der Waals surface area contributed by atoms with Crippen LogP contribution in [0.4, 0.5) is 0 Å². The summed E-state index contributed by atoms with van der Waals surface area (Å²) in [6.07, 6.45) is 1.03. The van der Waals surface area contributed by atoms with Gasteiger partial charge in [-0.2, -0.15) is 0 Å². The summed E-state index contributed by atoms with van der Waals surface area (Å²) in [5.74, 6) is 1.01. The van der Waals surface area contributed by atoms with E-state index in [2.05, 4.69) is 18.8 Å². The van der Waals surface area contributed by atoms with E-state index in [9.17, 15) is 0 Å². The summed E-state index contributed by atoms with van der Waals surface area (Å²) in [5, 5.41) is 0. The molecule has 0 aromatic carbocycles. The van der Waals surface area contributed by atoms with Gasteiger partial charge in [0.2, 0.25) is 0 Å². The first-order valence-corrected chi connectivity index (χ1v) is 5.68. The minimum absolute atomic E-state index is 0.188. The van der Waals surface area contributed by atoms with E-state index in [1.807, 2.05) is 38.0 Å². The lowest BCUT2D eigenvalue weighted by Gasteiger charge is -2.26. The van der Waals surface area contributed by atoms with E-state index in [0.29, 0.717) is 0 Å². The maximum absolute atomic E-state index is 5.11. The third-order valence-electron chi connectivity index (χ3n) is 2.43. The molecular weight excluding hydrogens is 202 g/mol. The fourth-order valence-electron chi connectivity index (χ4n) is 1.42. The third-order valence-corrected chi connectivity index (χ3v) is 2.43. The minimum atomic E-state index is 0.188. The van der Waals surface area contributed by atoms with Gasteiger partial charge in [-0.05, 0) is 11.8 Å². The van der Waals surface area contributed by atoms with Crippen molar-refractivity contribution >= 4 is 5.96 Å². The Morgan fingerprint density at radius 3 is 2.00 bits per heavy atom. The van der Waals surface area contributed by atoms with E-state index in [1.54, 1.807) is 7.11 Å². The van der Waals surface area contributed by atoms with Gasteiger partial charge in [-0.15, -0.1) is 0 Å². The summed E-state index contributed by atoms with van der Waals surface area (Å²) >= 11 is 0. The van der Waals surface area contributed by atoms with Crippen LogP contribution in [0.1, 0.15) is 20.3 Å². The maximum Gasteiger partial charge on any atom is 0.195 e. The molecule has 0 bridgehead atoms. The van der Waals surface area contributed by atoms with Crippen molar-refractivity contribution in [2.75, 3.05) is 48.5 Å². The van der Waals surface area contributed by atoms with Crippen LogP contribution >= 0.6 is 0 Å². The van der Waals surface area contributed by atoms with E-state index in [-0.39, 0.29) is 5.41 Å². The Bertz CT molecular complexity index is 212. The highest BCUT2D eigenvalue weighted by atomic mass is 16.5. The van der Waals surface area contributed by atoms with Crippen LogP contribution in [0.15, 0.2) is 4.99 Å². The van der Waals surface area contributed by atoms with Gasteiger partial charge in [-0.1, -0.05) is 13.8 Å². The molecule has 0 aliphatic heterocycles. The second-order valence-electron chi connectivity index (χ2n) is 5.31. The van der Waals surface area contributed by atoms with Gasteiger partial charge < -0.3 is 14.5 Å². The molecule has 0 amide bonds. The summed E-state index contributed by atoms with van der Waals surface area (Å²) in [6, 6.07) is 0. The molecule has 0 fully saturated rings. The van der Waals surface area contributed by atoms with Crippen LogP contribution in [0.3, 0.4) is 0 Å². The molecule has 0 rings (SSSR count). The zero-order chi connectivity index (χ0) is 12.8. The van der Waals surface area contributed by atoms with E-state index >= 15 is 0 Å². The van der Waals surface area contributed by atoms with Crippen molar-refractivity contribution in [1.82, 2.24) is 9.80 Å². The molecule has 0 N–H and O–H groups in total. The summed E-state index contributed by atoms with van der Waals surface area (Å²) < 4.78 is 5.11. The summed E-state index contributed by atoms with van der Waals surface area (Å²) in [4.78, 5) is 8.73. The fraction of sp³-hybridized carbons (Fsp3) is 0.917. The van der Waals surface area contributed by atoms with Crippen molar-refractivity contribution < 1.29 is 4.74 Å². The van der Waals surface area contributed by atoms with Crippen LogP contribution in [-0.2, 0) is 4.74 Å². The molecule has 4 nitrogen and oxygen atoms in total. The SMILES string of the molecule is COCCC(C)(C)CN=C(N(C)C)N(C)C. The van der Waals surface area contributed by atoms with Gasteiger partial charge in [-0.3, -0.25) is 4.99 Å². The highest BCUT2D eigenvalue weighted by Gasteiger charge is 2.18. The molecule has 0 heterocycles. The van der Waals surface area contributed by atoms with Crippen LogP contribution in [0.25, 0.3) is 0 Å². The Kier molecular flexibility index (Phi) is 6.41. The molecule has 0 aliphatic rings. The first kappa shape index (κ1) is 15.2. The molecule has 0 atom stereocenters. The lowest BCUT2D eigenvalue weighted by Crippen LogP contribution is -2.36. The Labute approximate surface area is 100 Å². The molecule has 0 unspecified atom stereocenters. The zero-order valence-electron chi connectivity index (χ0n) is 11.9. The normalized spacial score (nSPS) is 11.2. The van der Waals surface area contributed by atoms with Crippen LogP contribution in [0.5, 0.6) is 0 Å². The number of rotatable bonds is 5. The molecule has 96 valence electrons. The number of guanidine groups is 1. The van der Waals surface area contributed by atoms with Crippen LogP contribution < -0.4 is 0 Å². The van der Waals surface area contributed by atoms with Gasteiger partial charge in [0.15, 0.2) is 5.96 Å². The van der Waals surface area contributed by atoms with Crippen molar-refractivity contribution in [3.8, 4) is 0 Å². The molecule has 0 saturated heterocycles. The number of ether oxygens (including phenoxy) is 1. The van der Waals surface area contributed by atoms with Crippen LogP contribution in [-0.4, -0.2) is 64.2 Å².